The molecule has 0 atom stereocenters. The lowest BCUT2D eigenvalue weighted by Gasteiger charge is -2.26. The van der Waals surface area contributed by atoms with Crippen LogP contribution in [0.4, 0.5) is 22.3 Å². The highest BCUT2D eigenvalue weighted by atomic mass is 32.1. The van der Waals surface area contributed by atoms with E-state index in [1.807, 2.05) is 24.3 Å². The Morgan fingerprint density at radius 3 is 2.74 bits per heavy atom. The molecule has 1 aliphatic carbocycles. The molecule has 11 heteroatoms. The Kier molecular flexibility index (Phi) is 7.84. The molecule has 1 aliphatic heterocycles. The van der Waals surface area contributed by atoms with Crippen molar-refractivity contribution in [1.29, 1.82) is 0 Å². The normalized spacial score (nSPS) is 16.6. The number of rotatable bonds is 10. The minimum Gasteiger partial charge on any atom is -0.492 e. The average molecular weight is 533 g/mol. The van der Waals surface area contributed by atoms with Gasteiger partial charge in [-0.2, -0.15) is 0 Å². The summed E-state index contributed by atoms with van der Waals surface area (Å²) in [7, 11) is 0. The molecule has 0 aromatic carbocycles. The molecular weight excluding hydrogens is 500 g/mol. The monoisotopic (exact) mass is 532 g/mol. The summed E-state index contributed by atoms with van der Waals surface area (Å²) in [5.41, 5.74) is 3.26. The van der Waals surface area contributed by atoms with Gasteiger partial charge in [-0.1, -0.05) is 24.2 Å². The van der Waals surface area contributed by atoms with Crippen molar-refractivity contribution >= 4 is 44.7 Å². The fraction of sp³-hybridized carbons (Fsp3) is 0.444. The third-order valence-corrected chi connectivity index (χ3v) is 7.91. The smallest absolute Gasteiger partial charge is 0.211 e. The van der Waals surface area contributed by atoms with Crippen molar-refractivity contribution in [2.24, 2.45) is 0 Å². The van der Waals surface area contributed by atoms with E-state index < -0.39 is 0 Å². The Morgan fingerprint density at radius 1 is 0.974 bits per heavy atom. The van der Waals surface area contributed by atoms with Gasteiger partial charge in [-0.15, -0.1) is 10.2 Å². The number of aromatic nitrogens is 5. The van der Waals surface area contributed by atoms with E-state index in [2.05, 4.69) is 35.7 Å². The zero-order valence-corrected chi connectivity index (χ0v) is 22.1. The molecule has 4 aromatic rings. The van der Waals surface area contributed by atoms with E-state index in [-0.39, 0.29) is 0 Å². The third-order valence-electron chi connectivity index (χ3n) is 6.91. The van der Waals surface area contributed by atoms with E-state index in [1.165, 1.54) is 25.7 Å². The lowest BCUT2D eigenvalue weighted by atomic mass is 10.1. The van der Waals surface area contributed by atoms with Crippen LogP contribution in [0.5, 0.6) is 5.75 Å². The molecule has 2 aliphatic rings. The van der Waals surface area contributed by atoms with Crippen molar-refractivity contribution in [2.45, 2.75) is 38.0 Å². The summed E-state index contributed by atoms with van der Waals surface area (Å²) in [6.07, 6.45) is 11.3. The second-order valence-corrected chi connectivity index (χ2v) is 10.7. The van der Waals surface area contributed by atoms with Gasteiger partial charge in [0.25, 0.3) is 0 Å². The van der Waals surface area contributed by atoms with E-state index >= 15 is 0 Å². The second kappa shape index (κ2) is 12.0. The highest BCUT2D eigenvalue weighted by Crippen LogP contribution is 2.37. The first kappa shape index (κ1) is 24.9. The predicted octanol–water partition coefficient (Wildman–Crippen LogP) is 5.12. The van der Waals surface area contributed by atoms with Gasteiger partial charge in [-0.3, -0.25) is 14.9 Å². The summed E-state index contributed by atoms with van der Waals surface area (Å²) < 4.78 is 11.3. The summed E-state index contributed by atoms with van der Waals surface area (Å²) in [4.78, 5) is 16.1. The summed E-state index contributed by atoms with van der Waals surface area (Å²) >= 11 is 1.62. The predicted molar refractivity (Wildman–Crippen MR) is 149 cm³/mol. The Morgan fingerprint density at radius 2 is 1.84 bits per heavy atom. The van der Waals surface area contributed by atoms with Crippen molar-refractivity contribution < 1.29 is 9.47 Å². The first-order valence-corrected chi connectivity index (χ1v) is 14.1. The molecule has 2 N–H and O–H groups in total. The van der Waals surface area contributed by atoms with Crippen LogP contribution in [-0.4, -0.2) is 69.5 Å². The van der Waals surface area contributed by atoms with Gasteiger partial charge in [-0.25, -0.2) is 4.98 Å². The zero-order chi connectivity index (χ0) is 25.6. The highest BCUT2D eigenvalue weighted by molar-refractivity contribution is 7.15. The van der Waals surface area contributed by atoms with E-state index in [0.29, 0.717) is 12.5 Å². The summed E-state index contributed by atoms with van der Waals surface area (Å²) in [5, 5.41) is 17.3. The molecule has 0 amide bonds. The first-order valence-electron chi connectivity index (χ1n) is 13.3. The maximum absolute atomic E-state index is 5.95. The van der Waals surface area contributed by atoms with E-state index in [1.54, 1.807) is 29.9 Å². The maximum Gasteiger partial charge on any atom is 0.211 e. The molecule has 0 bridgehead atoms. The Hall–Kier alpha value is -3.41. The molecule has 38 heavy (non-hydrogen) atoms. The van der Waals surface area contributed by atoms with Gasteiger partial charge in [0.1, 0.15) is 16.6 Å². The van der Waals surface area contributed by atoms with Crippen LogP contribution < -0.4 is 15.4 Å². The van der Waals surface area contributed by atoms with Crippen molar-refractivity contribution in [1.82, 2.24) is 30.0 Å². The number of nitrogens with zero attached hydrogens (tertiary/aromatic N) is 6. The molecule has 0 radical (unpaired) electrons. The molecule has 1 saturated heterocycles. The lowest BCUT2D eigenvalue weighted by molar-refractivity contribution is 0.0358. The SMILES string of the molecule is c1ncc(OCCCN2CCOCC2)cc1Nc1cnc2ccc(Nc3nnc(C4CCCC4)s3)nc2c1. The van der Waals surface area contributed by atoms with Gasteiger partial charge < -0.3 is 20.1 Å². The summed E-state index contributed by atoms with van der Waals surface area (Å²) in [5.74, 6) is 2.02. The number of hydrogen-bond donors (Lipinski definition) is 2. The highest BCUT2D eigenvalue weighted by Gasteiger charge is 2.21. The number of fused-ring (bicyclic) bond motifs is 1. The van der Waals surface area contributed by atoms with Crippen molar-refractivity contribution in [2.75, 3.05) is 50.1 Å². The molecular formula is C27H32N8O2S. The number of ether oxygens (including phenoxy) is 2. The van der Waals surface area contributed by atoms with Gasteiger partial charge in [0.05, 0.1) is 60.8 Å². The molecule has 0 spiro atoms. The number of nitrogens with one attached hydrogen (secondary N) is 2. The topological polar surface area (TPSA) is 110 Å². The van der Waals surface area contributed by atoms with Crippen LogP contribution >= 0.6 is 11.3 Å². The van der Waals surface area contributed by atoms with Gasteiger partial charge in [0, 0.05) is 31.6 Å². The minimum absolute atomic E-state index is 0.555. The van der Waals surface area contributed by atoms with Crippen LogP contribution in [0, 0.1) is 0 Å². The van der Waals surface area contributed by atoms with E-state index in [9.17, 15) is 0 Å². The minimum atomic E-state index is 0.555. The average Bonchev–Trinajstić information content (AvgIpc) is 3.65. The standard InChI is InChI=1S/C27H32N8O2S/c1-2-5-19(4-1)26-33-34-27(38-26)32-25-7-6-23-24(31-25)15-21(17-29-23)30-20-14-22(18-28-16-20)37-11-3-8-35-9-12-36-13-10-35/h6-7,14-19,30H,1-5,8-13H2,(H,31,32,34). The van der Waals surface area contributed by atoms with Crippen LogP contribution in [0.15, 0.2) is 42.9 Å². The van der Waals surface area contributed by atoms with Crippen molar-refractivity contribution in [3.05, 3.63) is 47.9 Å². The molecule has 5 heterocycles. The van der Waals surface area contributed by atoms with E-state index in [4.69, 9.17) is 14.5 Å². The Bertz CT molecular complexity index is 1350. The van der Waals surface area contributed by atoms with Crippen LogP contribution in [0.1, 0.15) is 43.0 Å². The maximum atomic E-state index is 5.95. The molecule has 6 rings (SSSR count). The second-order valence-electron chi connectivity index (χ2n) is 9.70. The Balaban J connectivity index is 1.07. The molecule has 0 unspecified atom stereocenters. The van der Waals surface area contributed by atoms with Crippen LogP contribution in [-0.2, 0) is 4.74 Å². The molecule has 2 fully saturated rings. The lowest BCUT2D eigenvalue weighted by Crippen LogP contribution is -2.37. The summed E-state index contributed by atoms with van der Waals surface area (Å²) in [6.45, 7) is 5.30. The van der Waals surface area contributed by atoms with Gasteiger partial charge in [0.2, 0.25) is 5.13 Å². The Labute approximate surface area is 225 Å². The van der Waals surface area contributed by atoms with Gasteiger partial charge >= 0.3 is 0 Å². The van der Waals surface area contributed by atoms with Crippen LogP contribution in [0.3, 0.4) is 0 Å². The third kappa shape index (κ3) is 6.35. The number of anilines is 4. The fourth-order valence-electron chi connectivity index (χ4n) is 4.91. The quantitative estimate of drug-likeness (QED) is 0.267. The molecule has 4 aromatic heterocycles. The van der Waals surface area contributed by atoms with Gasteiger partial charge in [-0.05, 0) is 37.5 Å². The van der Waals surface area contributed by atoms with Crippen molar-refractivity contribution in [3.63, 3.8) is 0 Å². The van der Waals surface area contributed by atoms with Gasteiger partial charge in [0.15, 0.2) is 0 Å². The molecule has 198 valence electrons. The summed E-state index contributed by atoms with van der Waals surface area (Å²) in [6, 6.07) is 7.81. The van der Waals surface area contributed by atoms with E-state index in [0.717, 1.165) is 83.4 Å². The zero-order valence-electron chi connectivity index (χ0n) is 21.3. The van der Waals surface area contributed by atoms with Crippen molar-refractivity contribution in [3.8, 4) is 5.75 Å². The fourth-order valence-corrected chi connectivity index (χ4v) is 5.83. The number of hydrogen-bond acceptors (Lipinski definition) is 11. The molecule has 10 nitrogen and oxygen atoms in total. The largest absolute Gasteiger partial charge is 0.492 e. The number of morpholine rings is 1. The van der Waals surface area contributed by atoms with Crippen LogP contribution in [0.2, 0.25) is 0 Å². The first-order chi connectivity index (χ1) is 18.8. The van der Waals surface area contributed by atoms with Crippen LogP contribution in [0.25, 0.3) is 11.0 Å². The number of pyridine rings is 3. The molecule has 1 saturated carbocycles.